The molecule has 0 aliphatic carbocycles. The summed E-state index contributed by atoms with van der Waals surface area (Å²) in [6, 6.07) is 12.7. The fourth-order valence-corrected chi connectivity index (χ4v) is 4.51. The molecule has 1 aromatic heterocycles. The zero-order chi connectivity index (χ0) is 21.7. The van der Waals surface area contributed by atoms with Crippen LogP contribution in [-0.2, 0) is 16.6 Å². The first-order valence-corrected chi connectivity index (χ1v) is 11.7. The molecule has 0 spiro atoms. The van der Waals surface area contributed by atoms with Crippen LogP contribution in [-0.4, -0.2) is 25.4 Å². The molecule has 2 aromatic carbocycles. The smallest absolute Gasteiger partial charge is 0.275 e. The summed E-state index contributed by atoms with van der Waals surface area (Å²) < 4.78 is 32.4. The minimum absolute atomic E-state index is 0.129. The van der Waals surface area contributed by atoms with Crippen LogP contribution in [0.5, 0.6) is 5.75 Å². The highest BCUT2D eigenvalue weighted by Gasteiger charge is 2.16. The third-order valence-corrected chi connectivity index (χ3v) is 6.52. The van der Waals surface area contributed by atoms with Crippen LogP contribution in [0.25, 0.3) is 0 Å². The Kier molecular flexibility index (Phi) is 7.09. The molecule has 10 heteroatoms. The van der Waals surface area contributed by atoms with Crippen molar-refractivity contribution in [1.82, 2.24) is 9.71 Å². The fourth-order valence-electron chi connectivity index (χ4n) is 2.45. The maximum atomic E-state index is 12.4. The fraction of sp³-hybridized carbons (Fsp3) is 0.200. The molecule has 158 valence electrons. The Balaban J connectivity index is 1.59. The summed E-state index contributed by atoms with van der Waals surface area (Å²) in [6.45, 7) is 3.72. The van der Waals surface area contributed by atoms with Crippen molar-refractivity contribution in [1.29, 1.82) is 0 Å². The van der Waals surface area contributed by atoms with E-state index in [1.807, 2.05) is 0 Å². The topological polar surface area (TPSA) is 97.4 Å². The number of hydrogen-bond acceptors (Lipinski definition) is 6. The lowest BCUT2D eigenvalue weighted by Gasteiger charge is -2.10. The largest absolute Gasteiger partial charge is 0.486 e. The van der Waals surface area contributed by atoms with Gasteiger partial charge in [0.15, 0.2) is 0 Å². The minimum Gasteiger partial charge on any atom is -0.486 e. The zero-order valence-corrected chi connectivity index (χ0v) is 18.6. The number of nitrogens with one attached hydrogen (secondary N) is 2. The molecule has 0 radical (unpaired) electrons. The molecular formula is C20H20ClN3O4S2. The maximum absolute atomic E-state index is 12.4. The minimum atomic E-state index is -3.58. The molecule has 2 N–H and O–H groups in total. The van der Waals surface area contributed by atoms with E-state index >= 15 is 0 Å². The number of anilines is 1. The second kappa shape index (κ2) is 9.57. The summed E-state index contributed by atoms with van der Waals surface area (Å²) in [6.07, 6.45) is 0. The quantitative estimate of drug-likeness (QED) is 0.516. The van der Waals surface area contributed by atoms with E-state index in [1.165, 1.54) is 35.6 Å². The van der Waals surface area contributed by atoms with Crippen molar-refractivity contribution >= 4 is 44.6 Å². The van der Waals surface area contributed by atoms with Crippen molar-refractivity contribution in [3.63, 3.8) is 0 Å². The predicted octanol–water partition coefficient (Wildman–Crippen LogP) is 4.31. The van der Waals surface area contributed by atoms with E-state index in [0.717, 1.165) is 0 Å². The van der Waals surface area contributed by atoms with Crippen LogP contribution in [0.15, 0.2) is 58.8 Å². The van der Waals surface area contributed by atoms with Gasteiger partial charge in [-0.25, -0.2) is 18.1 Å². The molecule has 0 saturated carbocycles. The van der Waals surface area contributed by atoms with E-state index in [2.05, 4.69) is 15.0 Å². The summed E-state index contributed by atoms with van der Waals surface area (Å²) in [5.41, 5.74) is 0.725. The number of ether oxygens (including phenoxy) is 1. The molecule has 0 aliphatic rings. The molecule has 0 fully saturated rings. The van der Waals surface area contributed by atoms with E-state index in [0.29, 0.717) is 21.5 Å². The van der Waals surface area contributed by atoms with Gasteiger partial charge in [-0.15, -0.1) is 11.3 Å². The number of thiazole rings is 1. The summed E-state index contributed by atoms with van der Waals surface area (Å²) in [5, 5.41) is 5.62. The number of hydrogen-bond donors (Lipinski definition) is 2. The Hall–Kier alpha value is -2.46. The van der Waals surface area contributed by atoms with Crippen LogP contribution in [0.1, 0.15) is 29.3 Å². The van der Waals surface area contributed by atoms with Crippen LogP contribution in [0.2, 0.25) is 5.02 Å². The molecule has 3 aromatic rings. The van der Waals surface area contributed by atoms with E-state index in [9.17, 15) is 13.2 Å². The normalized spacial score (nSPS) is 11.5. The van der Waals surface area contributed by atoms with Crippen LogP contribution in [0.3, 0.4) is 0 Å². The first-order valence-electron chi connectivity index (χ1n) is 8.99. The first kappa shape index (κ1) is 22.2. The Morgan fingerprint density at radius 1 is 1.13 bits per heavy atom. The summed E-state index contributed by atoms with van der Waals surface area (Å²) >= 11 is 7.15. The lowest BCUT2D eigenvalue weighted by molar-refractivity contribution is 0.102. The van der Waals surface area contributed by atoms with Gasteiger partial charge in [0.05, 0.1) is 4.90 Å². The Morgan fingerprint density at radius 2 is 1.80 bits per heavy atom. The number of carbonyl (C=O) groups is 1. The standard InChI is InChI=1S/C20H20ClN3O4S2/c1-13(2)24-30(26,27)17-9-5-15(6-10-17)22-20(25)18-12-29-19(23-18)11-28-16-7-3-14(21)4-8-16/h3-10,12-13,24H,11H2,1-2H3,(H,22,25). The lowest BCUT2D eigenvalue weighted by Crippen LogP contribution is -2.30. The predicted molar refractivity (Wildman–Crippen MR) is 118 cm³/mol. The number of nitrogens with zero attached hydrogens (tertiary/aromatic N) is 1. The highest BCUT2D eigenvalue weighted by atomic mass is 35.5. The van der Waals surface area contributed by atoms with Crippen molar-refractivity contribution in [2.45, 2.75) is 31.4 Å². The highest BCUT2D eigenvalue weighted by molar-refractivity contribution is 7.89. The number of halogens is 1. The molecule has 1 amide bonds. The SMILES string of the molecule is CC(C)NS(=O)(=O)c1ccc(NC(=O)c2csc(COc3ccc(Cl)cc3)n2)cc1. The van der Waals surface area contributed by atoms with Gasteiger partial charge in [0, 0.05) is 22.1 Å². The van der Waals surface area contributed by atoms with E-state index in [-0.39, 0.29) is 29.1 Å². The van der Waals surface area contributed by atoms with Gasteiger partial charge in [-0.05, 0) is 62.4 Å². The molecule has 0 atom stereocenters. The molecule has 0 unspecified atom stereocenters. The summed E-state index contributed by atoms with van der Waals surface area (Å²) in [7, 11) is -3.58. The van der Waals surface area contributed by atoms with Gasteiger partial charge < -0.3 is 10.1 Å². The molecule has 0 aliphatic heterocycles. The van der Waals surface area contributed by atoms with Crippen molar-refractivity contribution in [2.24, 2.45) is 0 Å². The van der Waals surface area contributed by atoms with E-state index in [4.69, 9.17) is 16.3 Å². The molecule has 0 saturated heterocycles. The number of amides is 1. The Morgan fingerprint density at radius 3 is 2.43 bits per heavy atom. The molecule has 1 heterocycles. The Labute approximate surface area is 184 Å². The van der Waals surface area contributed by atoms with Gasteiger partial charge >= 0.3 is 0 Å². The summed E-state index contributed by atoms with van der Waals surface area (Å²) in [5.74, 6) is 0.266. The molecular weight excluding hydrogens is 446 g/mol. The van der Waals surface area contributed by atoms with Crippen molar-refractivity contribution in [2.75, 3.05) is 5.32 Å². The van der Waals surface area contributed by atoms with Crippen LogP contribution in [0, 0.1) is 0 Å². The number of carbonyl (C=O) groups excluding carboxylic acids is 1. The zero-order valence-electron chi connectivity index (χ0n) is 16.3. The maximum Gasteiger partial charge on any atom is 0.275 e. The second-order valence-corrected chi connectivity index (χ2v) is 9.72. The van der Waals surface area contributed by atoms with Crippen LogP contribution < -0.4 is 14.8 Å². The molecule has 30 heavy (non-hydrogen) atoms. The van der Waals surface area contributed by atoms with Crippen molar-refractivity contribution in [3.05, 3.63) is 69.6 Å². The van der Waals surface area contributed by atoms with Gasteiger partial charge in [0.2, 0.25) is 10.0 Å². The molecule has 7 nitrogen and oxygen atoms in total. The third kappa shape index (κ3) is 6.02. The van der Waals surface area contributed by atoms with Gasteiger partial charge in [0.25, 0.3) is 5.91 Å². The van der Waals surface area contributed by atoms with Gasteiger partial charge in [-0.3, -0.25) is 4.79 Å². The highest BCUT2D eigenvalue weighted by Crippen LogP contribution is 2.19. The van der Waals surface area contributed by atoms with Crippen LogP contribution in [0.4, 0.5) is 5.69 Å². The van der Waals surface area contributed by atoms with Crippen LogP contribution >= 0.6 is 22.9 Å². The van der Waals surface area contributed by atoms with Gasteiger partial charge in [0.1, 0.15) is 23.1 Å². The number of rotatable bonds is 8. The average molecular weight is 466 g/mol. The lowest BCUT2D eigenvalue weighted by atomic mass is 10.3. The van der Waals surface area contributed by atoms with E-state index < -0.39 is 10.0 Å². The van der Waals surface area contributed by atoms with Crippen molar-refractivity contribution in [3.8, 4) is 5.75 Å². The Bertz CT molecular complexity index is 1110. The number of sulfonamides is 1. The first-order chi connectivity index (χ1) is 14.2. The van der Waals surface area contributed by atoms with Gasteiger partial charge in [-0.1, -0.05) is 11.6 Å². The second-order valence-electron chi connectivity index (χ2n) is 6.62. The monoisotopic (exact) mass is 465 g/mol. The number of aromatic nitrogens is 1. The molecule has 0 bridgehead atoms. The van der Waals surface area contributed by atoms with E-state index in [1.54, 1.807) is 43.5 Å². The average Bonchev–Trinajstić information content (AvgIpc) is 3.16. The molecule has 3 rings (SSSR count). The summed E-state index contributed by atoms with van der Waals surface area (Å²) in [4.78, 5) is 16.8. The van der Waals surface area contributed by atoms with Gasteiger partial charge in [-0.2, -0.15) is 0 Å². The number of benzene rings is 2. The van der Waals surface area contributed by atoms with Crippen molar-refractivity contribution < 1.29 is 17.9 Å². The third-order valence-electron chi connectivity index (χ3n) is 3.77.